The average molecular weight is 818 g/mol. The van der Waals surface area contributed by atoms with E-state index in [-0.39, 0.29) is 45.0 Å². The van der Waals surface area contributed by atoms with Crippen LogP contribution in [0.1, 0.15) is 41.4 Å². The molecule has 0 saturated heterocycles. The number of ketones is 2. The first-order valence-electron chi connectivity index (χ1n) is 12.4. The van der Waals surface area contributed by atoms with E-state index in [9.17, 15) is 19.2 Å². The Labute approximate surface area is 273 Å². The third-order valence-electron chi connectivity index (χ3n) is 6.87. The maximum atomic E-state index is 14.3. The van der Waals surface area contributed by atoms with Gasteiger partial charge in [-0.2, -0.15) is 0 Å². The van der Waals surface area contributed by atoms with Crippen LogP contribution in [0.25, 0.3) is 0 Å². The largest absolute Gasteiger partial charge is 0.287 e. The number of nitrogens with zero attached hydrogens (tertiary/aromatic N) is 4. The number of aromatic nitrogens is 2. The lowest BCUT2D eigenvalue weighted by Crippen LogP contribution is -2.38. The number of anilines is 2. The molecule has 2 aliphatic rings. The number of carbonyl (C=O) groups is 4. The summed E-state index contributed by atoms with van der Waals surface area (Å²) in [6, 6.07) is 13.3. The zero-order valence-electron chi connectivity index (χ0n) is 21.9. The highest BCUT2D eigenvalue weighted by molar-refractivity contribution is 9.11. The number of allylic oxidation sites excluding steroid dienone is 2. The van der Waals surface area contributed by atoms with Crippen molar-refractivity contribution in [3.63, 3.8) is 0 Å². The van der Waals surface area contributed by atoms with E-state index in [0.717, 1.165) is 0 Å². The molecule has 0 radical (unpaired) electrons. The fourth-order valence-corrected chi connectivity index (χ4v) is 7.94. The van der Waals surface area contributed by atoms with Gasteiger partial charge in [0.15, 0.2) is 24.8 Å². The molecule has 0 spiro atoms. The fourth-order valence-electron chi connectivity index (χ4n) is 5.13. The summed E-state index contributed by atoms with van der Waals surface area (Å²) in [7, 11) is 3.55. The van der Waals surface area contributed by atoms with Crippen LogP contribution in [-0.4, -0.2) is 23.4 Å². The molecule has 2 amide bonds. The number of aryl methyl sites for hydroxylation is 2. The number of Topliss-reactive ketones (excluding diaryl/α,β-unsaturated/α-hetero) is 2. The summed E-state index contributed by atoms with van der Waals surface area (Å²) in [5.41, 5.74) is 1.12. The highest BCUT2D eigenvalue weighted by atomic mass is 79.9. The van der Waals surface area contributed by atoms with Crippen molar-refractivity contribution in [1.29, 1.82) is 0 Å². The zero-order chi connectivity index (χ0) is 30.0. The highest BCUT2D eigenvalue weighted by Gasteiger charge is 2.49. The molecule has 6 rings (SSSR count). The number of hydrogen-bond acceptors (Lipinski definition) is 4. The Morgan fingerprint density at radius 3 is 1.38 bits per heavy atom. The molecule has 0 aliphatic carbocycles. The van der Waals surface area contributed by atoms with Crippen LogP contribution >= 0.6 is 63.7 Å². The maximum absolute atomic E-state index is 14.3. The van der Waals surface area contributed by atoms with Gasteiger partial charge in [0.25, 0.3) is 11.8 Å². The SMILES string of the molecule is C[n+]1cccc(C(=O)N2/C(=C3\C(=O)c4cc(Br)cc(Br)c4N3C(=O)c3ccc[n+](C)c3)C(=O)c3cc(Br)cc(Br)c32)c1. The van der Waals surface area contributed by atoms with Gasteiger partial charge in [0.05, 0.1) is 22.5 Å². The van der Waals surface area contributed by atoms with Crippen molar-refractivity contribution < 1.29 is 28.3 Å². The number of fused-ring (bicyclic) bond motifs is 2. The molecule has 0 bridgehead atoms. The van der Waals surface area contributed by atoms with Gasteiger partial charge < -0.3 is 0 Å². The minimum absolute atomic E-state index is 0.204. The van der Waals surface area contributed by atoms with Crippen molar-refractivity contribution in [2.75, 3.05) is 9.80 Å². The Balaban J connectivity index is 1.69. The van der Waals surface area contributed by atoms with Gasteiger partial charge in [0, 0.05) is 30.0 Å². The molecule has 0 unspecified atom stereocenters. The normalized spacial score (nSPS) is 15.8. The van der Waals surface area contributed by atoms with Crippen molar-refractivity contribution in [2.45, 2.75) is 0 Å². The van der Waals surface area contributed by atoms with Crippen LogP contribution in [0.3, 0.4) is 0 Å². The monoisotopic (exact) mass is 814 g/mol. The minimum Gasteiger partial charge on any atom is -0.287 e. The summed E-state index contributed by atoms with van der Waals surface area (Å²) in [6.45, 7) is 0. The van der Waals surface area contributed by atoms with E-state index in [0.29, 0.717) is 17.9 Å². The summed E-state index contributed by atoms with van der Waals surface area (Å²) in [5.74, 6) is -2.20. The zero-order valence-corrected chi connectivity index (χ0v) is 28.2. The van der Waals surface area contributed by atoms with Gasteiger partial charge in [-0.25, -0.2) is 9.13 Å². The average Bonchev–Trinajstić information content (AvgIpc) is 3.38. The van der Waals surface area contributed by atoms with E-state index >= 15 is 0 Å². The molecule has 208 valence electrons. The minimum atomic E-state index is -0.566. The smallest absolute Gasteiger partial charge is 0.269 e. The van der Waals surface area contributed by atoms with Crippen molar-refractivity contribution in [1.82, 2.24) is 0 Å². The van der Waals surface area contributed by atoms with Crippen LogP contribution in [0.2, 0.25) is 0 Å². The van der Waals surface area contributed by atoms with Crippen LogP contribution in [0.4, 0.5) is 11.4 Å². The van der Waals surface area contributed by atoms with E-state index in [1.807, 2.05) is 0 Å². The molecule has 12 heteroatoms. The van der Waals surface area contributed by atoms with Gasteiger partial charge in [0.2, 0.25) is 11.6 Å². The van der Waals surface area contributed by atoms with Crippen molar-refractivity contribution in [2.24, 2.45) is 14.1 Å². The van der Waals surface area contributed by atoms with E-state index < -0.39 is 23.4 Å². The Kier molecular flexibility index (Phi) is 7.37. The summed E-state index contributed by atoms with van der Waals surface area (Å²) in [4.78, 5) is 59.6. The molecular weight excluding hydrogens is 800 g/mol. The van der Waals surface area contributed by atoms with Crippen LogP contribution in [0.5, 0.6) is 0 Å². The molecule has 0 saturated carbocycles. The van der Waals surface area contributed by atoms with Gasteiger partial charge in [-0.1, -0.05) is 31.9 Å². The predicted octanol–water partition coefficient (Wildman–Crippen LogP) is 5.98. The van der Waals surface area contributed by atoms with Gasteiger partial charge >= 0.3 is 0 Å². The van der Waals surface area contributed by atoms with E-state index in [2.05, 4.69) is 63.7 Å². The molecule has 4 heterocycles. The van der Waals surface area contributed by atoms with Crippen LogP contribution in [0.15, 0.2) is 103 Å². The third kappa shape index (κ3) is 4.61. The molecule has 2 aromatic carbocycles. The summed E-state index contributed by atoms with van der Waals surface area (Å²) < 4.78 is 5.55. The third-order valence-corrected chi connectivity index (χ3v) is 9.00. The number of hydrogen-bond donors (Lipinski definition) is 0. The van der Waals surface area contributed by atoms with Gasteiger partial charge in [-0.05, 0) is 68.3 Å². The molecule has 8 nitrogen and oxygen atoms in total. The molecule has 2 aliphatic heterocycles. The van der Waals surface area contributed by atoms with Gasteiger partial charge in [-0.15, -0.1) is 0 Å². The maximum Gasteiger partial charge on any atom is 0.269 e. The first-order chi connectivity index (χ1) is 20.0. The number of halogens is 4. The lowest BCUT2D eigenvalue weighted by Gasteiger charge is -2.25. The first-order valence-corrected chi connectivity index (χ1v) is 15.6. The number of amides is 2. The molecule has 42 heavy (non-hydrogen) atoms. The van der Waals surface area contributed by atoms with Gasteiger partial charge in [0.1, 0.15) is 36.6 Å². The van der Waals surface area contributed by atoms with E-state index in [1.54, 1.807) is 96.5 Å². The van der Waals surface area contributed by atoms with Crippen molar-refractivity contribution in [3.05, 3.63) is 125 Å². The van der Waals surface area contributed by atoms with E-state index in [1.165, 1.54) is 9.80 Å². The number of benzene rings is 2. The Bertz CT molecular complexity index is 1820. The van der Waals surface area contributed by atoms with Gasteiger partial charge in [-0.3, -0.25) is 29.0 Å². The lowest BCUT2D eigenvalue weighted by molar-refractivity contribution is -0.671. The second kappa shape index (κ2) is 10.7. The number of rotatable bonds is 2. The summed E-state index contributed by atoms with van der Waals surface area (Å²) in [5, 5.41) is 0. The van der Waals surface area contributed by atoms with Crippen molar-refractivity contribution >= 4 is 98.5 Å². The molecule has 2 aromatic heterocycles. The second-order valence-electron chi connectivity index (χ2n) is 9.72. The topological polar surface area (TPSA) is 82.5 Å². The predicted molar refractivity (Wildman–Crippen MR) is 168 cm³/mol. The number of pyridine rings is 2. The fraction of sp³-hybridized carbons (Fsp3) is 0.0667. The summed E-state index contributed by atoms with van der Waals surface area (Å²) in [6.07, 6.45) is 6.81. The molecule has 4 aromatic rings. The van der Waals surface area contributed by atoms with E-state index in [4.69, 9.17) is 0 Å². The number of carbonyl (C=O) groups excluding carboxylic acids is 4. The second-order valence-corrected chi connectivity index (χ2v) is 13.3. The molecular formula is C30H18Br4N4O4+2. The Morgan fingerprint density at radius 2 is 1.02 bits per heavy atom. The summed E-state index contributed by atoms with van der Waals surface area (Å²) >= 11 is 13.9. The van der Waals surface area contributed by atoms with Crippen molar-refractivity contribution in [3.8, 4) is 0 Å². The van der Waals surface area contributed by atoms with Crippen LogP contribution < -0.4 is 18.9 Å². The quantitative estimate of drug-likeness (QED) is 0.184. The van der Waals surface area contributed by atoms with Crippen LogP contribution in [0, 0.1) is 0 Å². The first kappa shape index (κ1) is 28.8. The molecule has 0 N–H and O–H groups in total. The molecule has 0 fully saturated rings. The van der Waals surface area contributed by atoms with Crippen LogP contribution in [-0.2, 0) is 14.1 Å². The Hall–Kier alpha value is -3.32. The lowest BCUT2D eigenvalue weighted by atomic mass is 10.1. The standard InChI is InChI=1S/C30H18Br4N4O4/c1-35-7-3-5-15(13-35)29(41)37-23-19(9-17(31)11-21(23)33)27(39)25(37)26-28(40)20-10-18(32)12-22(34)24(20)38(26)30(42)16-6-4-8-36(2)14-16/h3-14H,1-2H3/q+2/b26-25+. The molecule has 0 atom stereocenters. The highest BCUT2D eigenvalue weighted by Crippen LogP contribution is 2.49. The Morgan fingerprint density at radius 1 is 0.643 bits per heavy atom.